The predicted molar refractivity (Wildman–Crippen MR) is 57.6 cm³/mol. The second-order valence-electron chi connectivity index (χ2n) is 3.65. The molecular formula is C12H17NO. The minimum Gasteiger partial charge on any atom is -0.494 e. The highest BCUT2D eigenvalue weighted by molar-refractivity contribution is 5.30. The minimum absolute atomic E-state index is 0.537. The van der Waals surface area contributed by atoms with Crippen LogP contribution in [0, 0.1) is 0 Å². The van der Waals surface area contributed by atoms with Crippen molar-refractivity contribution < 1.29 is 4.74 Å². The number of benzene rings is 1. The maximum absolute atomic E-state index is 5.48. The number of rotatable bonds is 3. The Morgan fingerprint density at radius 3 is 3.14 bits per heavy atom. The Labute approximate surface area is 85.3 Å². The molecule has 0 unspecified atom stereocenters. The summed E-state index contributed by atoms with van der Waals surface area (Å²) in [6.07, 6.45) is 2.53. The molecule has 0 spiro atoms. The molecule has 0 aliphatic carbocycles. The summed E-state index contributed by atoms with van der Waals surface area (Å²) in [6, 6.07) is 8.94. The van der Waals surface area contributed by atoms with Crippen molar-refractivity contribution in [3.05, 3.63) is 29.8 Å². The lowest BCUT2D eigenvalue weighted by molar-refractivity contribution is 0.339. The van der Waals surface area contributed by atoms with Crippen LogP contribution < -0.4 is 10.1 Å². The molecule has 0 saturated carbocycles. The number of hydrogen-bond acceptors (Lipinski definition) is 2. The second-order valence-corrected chi connectivity index (χ2v) is 3.65. The van der Waals surface area contributed by atoms with Gasteiger partial charge in [0.1, 0.15) is 5.75 Å². The van der Waals surface area contributed by atoms with Crippen LogP contribution in [0.25, 0.3) is 0 Å². The molecule has 1 N–H and O–H groups in total. The summed E-state index contributed by atoms with van der Waals surface area (Å²) in [6.45, 7) is 3.89. The van der Waals surface area contributed by atoms with E-state index < -0.39 is 0 Å². The van der Waals surface area contributed by atoms with E-state index >= 15 is 0 Å². The average molecular weight is 191 g/mol. The van der Waals surface area contributed by atoms with Crippen LogP contribution in [0.5, 0.6) is 5.75 Å². The van der Waals surface area contributed by atoms with Crippen molar-refractivity contribution in [3.63, 3.8) is 0 Å². The maximum Gasteiger partial charge on any atom is 0.119 e. The van der Waals surface area contributed by atoms with Gasteiger partial charge >= 0.3 is 0 Å². The first-order valence-electron chi connectivity index (χ1n) is 5.36. The highest BCUT2D eigenvalue weighted by Gasteiger charge is 2.15. The van der Waals surface area contributed by atoms with E-state index in [-0.39, 0.29) is 0 Å². The molecule has 1 aromatic carbocycles. The Balaban J connectivity index is 2.12. The quantitative estimate of drug-likeness (QED) is 0.792. The van der Waals surface area contributed by atoms with Crippen LogP contribution in [0.2, 0.25) is 0 Å². The first kappa shape index (κ1) is 9.53. The SMILES string of the molecule is CCOc1cccc([C@@H]2CCCN2)c1. The fourth-order valence-electron chi connectivity index (χ4n) is 1.96. The maximum atomic E-state index is 5.48. The third kappa shape index (κ3) is 2.07. The van der Waals surface area contributed by atoms with E-state index in [9.17, 15) is 0 Å². The fourth-order valence-corrected chi connectivity index (χ4v) is 1.96. The zero-order chi connectivity index (χ0) is 9.80. The molecule has 0 radical (unpaired) electrons. The Hall–Kier alpha value is -1.02. The minimum atomic E-state index is 0.537. The van der Waals surface area contributed by atoms with Crippen LogP contribution in [0.15, 0.2) is 24.3 Å². The zero-order valence-electron chi connectivity index (χ0n) is 8.62. The van der Waals surface area contributed by atoms with Gasteiger partial charge in [0.2, 0.25) is 0 Å². The Kier molecular flexibility index (Phi) is 3.04. The first-order chi connectivity index (χ1) is 6.90. The number of ether oxygens (including phenoxy) is 1. The van der Waals surface area contributed by atoms with E-state index in [0.29, 0.717) is 6.04 Å². The summed E-state index contributed by atoms with van der Waals surface area (Å²) in [5, 5.41) is 3.49. The first-order valence-corrected chi connectivity index (χ1v) is 5.36. The Bertz CT molecular complexity index is 292. The van der Waals surface area contributed by atoms with Gasteiger partial charge in [0.25, 0.3) is 0 Å². The van der Waals surface area contributed by atoms with Crippen LogP contribution >= 0.6 is 0 Å². The summed E-state index contributed by atoms with van der Waals surface area (Å²) >= 11 is 0. The van der Waals surface area contributed by atoms with Gasteiger partial charge in [0.15, 0.2) is 0 Å². The molecule has 0 bridgehead atoms. The van der Waals surface area contributed by atoms with Gasteiger partial charge in [-0.15, -0.1) is 0 Å². The highest BCUT2D eigenvalue weighted by Crippen LogP contribution is 2.25. The summed E-state index contributed by atoms with van der Waals surface area (Å²) in [4.78, 5) is 0. The van der Waals surface area contributed by atoms with E-state index in [1.807, 2.05) is 13.0 Å². The van der Waals surface area contributed by atoms with Crippen molar-refractivity contribution in [1.29, 1.82) is 0 Å². The molecular weight excluding hydrogens is 174 g/mol. The van der Waals surface area contributed by atoms with E-state index in [1.165, 1.54) is 18.4 Å². The molecule has 1 fully saturated rings. The largest absolute Gasteiger partial charge is 0.494 e. The molecule has 14 heavy (non-hydrogen) atoms. The lowest BCUT2D eigenvalue weighted by Crippen LogP contribution is -2.12. The van der Waals surface area contributed by atoms with Crippen LogP contribution in [-0.2, 0) is 0 Å². The summed E-state index contributed by atoms with van der Waals surface area (Å²) in [5.41, 5.74) is 1.36. The van der Waals surface area contributed by atoms with Gasteiger partial charge in [0, 0.05) is 6.04 Å². The monoisotopic (exact) mass is 191 g/mol. The van der Waals surface area contributed by atoms with Crippen LogP contribution in [0.3, 0.4) is 0 Å². The van der Waals surface area contributed by atoms with E-state index in [1.54, 1.807) is 0 Å². The Morgan fingerprint density at radius 1 is 1.50 bits per heavy atom. The molecule has 2 heteroatoms. The van der Waals surface area contributed by atoms with Crippen LogP contribution in [0.1, 0.15) is 31.4 Å². The lowest BCUT2D eigenvalue weighted by Gasteiger charge is -2.12. The molecule has 2 nitrogen and oxygen atoms in total. The lowest BCUT2D eigenvalue weighted by atomic mass is 10.1. The normalized spacial score (nSPS) is 21.1. The molecule has 1 aliphatic heterocycles. The average Bonchev–Trinajstić information content (AvgIpc) is 2.71. The topological polar surface area (TPSA) is 21.3 Å². The molecule has 1 aliphatic rings. The number of nitrogens with one attached hydrogen (secondary N) is 1. The van der Waals surface area contributed by atoms with Crippen molar-refractivity contribution in [2.45, 2.75) is 25.8 Å². The smallest absolute Gasteiger partial charge is 0.119 e. The molecule has 76 valence electrons. The van der Waals surface area contributed by atoms with Crippen molar-refractivity contribution in [2.75, 3.05) is 13.2 Å². The van der Waals surface area contributed by atoms with E-state index in [4.69, 9.17) is 4.74 Å². The number of hydrogen-bond donors (Lipinski definition) is 1. The van der Waals surface area contributed by atoms with Gasteiger partial charge in [-0.1, -0.05) is 12.1 Å². The predicted octanol–water partition coefficient (Wildman–Crippen LogP) is 2.51. The van der Waals surface area contributed by atoms with Crippen molar-refractivity contribution in [1.82, 2.24) is 5.32 Å². The molecule has 1 heterocycles. The van der Waals surface area contributed by atoms with Gasteiger partial charge in [-0.2, -0.15) is 0 Å². The summed E-state index contributed by atoms with van der Waals surface area (Å²) < 4.78 is 5.48. The third-order valence-electron chi connectivity index (χ3n) is 2.63. The van der Waals surface area contributed by atoms with E-state index in [2.05, 4.69) is 23.5 Å². The standard InChI is InChI=1S/C12H17NO/c1-2-14-11-6-3-5-10(9-11)12-7-4-8-13-12/h3,5-6,9,12-13H,2,4,7-8H2,1H3/t12-/m0/s1. The summed E-state index contributed by atoms with van der Waals surface area (Å²) in [5.74, 6) is 0.985. The molecule has 2 rings (SSSR count). The van der Waals surface area contributed by atoms with Gasteiger partial charge < -0.3 is 10.1 Å². The van der Waals surface area contributed by atoms with Gasteiger partial charge in [-0.25, -0.2) is 0 Å². The Morgan fingerprint density at radius 2 is 2.43 bits per heavy atom. The zero-order valence-corrected chi connectivity index (χ0v) is 8.62. The van der Waals surface area contributed by atoms with Gasteiger partial charge in [0.05, 0.1) is 6.61 Å². The van der Waals surface area contributed by atoms with Crippen LogP contribution in [0.4, 0.5) is 0 Å². The molecule has 1 aromatic rings. The summed E-state index contributed by atoms with van der Waals surface area (Å²) in [7, 11) is 0. The molecule has 1 atom stereocenters. The fraction of sp³-hybridized carbons (Fsp3) is 0.500. The van der Waals surface area contributed by atoms with Crippen molar-refractivity contribution in [2.24, 2.45) is 0 Å². The van der Waals surface area contributed by atoms with Crippen molar-refractivity contribution in [3.8, 4) is 5.75 Å². The van der Waals surface area contributed by atoms with Gasteiger partial charge in [-0.05, 0) is 44.0 Å². The van der Waals surface area contributed by atoms with Crippen molar-refractivity contribution >= 4 is 0 Å². The molecule has 1 saturated heterocycles. The molecule has 0 amide bonds. The highest BCUT2D eigenvalue weighted by atomic mass is 16.5. The van der Waals surface area contributed by atoms with E-state index in [0.717, 1.165) is 18.9 Å². The van der Waals surface area contributed by atoms with Crippen LogP contribution in [-0.4, -0.2) is 13.2 Å². The third-order valence-corrected chi connectivity index (χ3v) is 2.63. The van der Waals surface area contributed by atoms with Gasteiger partial charge in [-0.3, -0.25) is 0 Å². The molecule has 0 aromatic heterocycles. The second kappa shape index (κ2) is 4.47.